The molecule has 0 N–H and O–H groups in total. The second-order valence-corrected chi connectivity index (χ2v) is 7.81. The predicted octanol–water partition coefficient (Wildman–Crippen LogP) is 4.51. The molecule has 166 valence electrons. The van der Waals surface area contributed by atoms with Crippen LogP contribution < -0.4 is 9.64 Å². The molecule has 0 saturated carbocycles. The molecule has 1 fully saturated rings. The van der Waals surface area contributed by atoms with Gasteiger partial charge in [0, 0.05) is 12.6 Å². The topological polar surface area (TPSA) is 72.6 Å². The number of halogens is 1. The third kappa shape index (κ3) is 4.19. The monoisotopic (exact) mass is 443 g/mol. The predicted molar refractivity (Wildman–Crippen MR) is 123 cm³/mol. The molecule has 1 aliphatic rings. The molecule has 1 aromatic carbocycles. The van der Waals surface area contributed by atoms with Crippen LogP contribution in [0, 0.1) is 5.82 Å². The first-order valence-corrected chi connectivity index (χ1v) is 10.7. The Bertz CT molecular complexity index is 1350. The zero-order chi connectivity index (χ0) is 22.8. The Hall–Kier alpha value is -4.07. The van der Waals surface area contributed by atoms with Gasteiger partial charge in [0.2, 0.25) is 11.7 Å². The molecule has 8 heteroatoms. The Morgan fingerprint density at radius 1 is 1.18 bits per heavy atom. The maximum atomic E-state index is 13.8. The molecule has 1 saturated heterocycles. The number of ether oxygens (including phenoxy) is 1. The molecular formula is C25H22FN5O2. The molecular weight excluding hydrogens is 421 g/mol. The van der Waals surface area contributed by atoms with E-state index < -0.39 is 0 Å². The van der Waals surface area contributed by atoms with E-state index in [-0.39, 0.29) is 17.6 Å². The van der Waals surface area contributed by atoms with Gasteiger partial charge in [0.25, 0.3) is 0 Å². The van der Waals surface area contributed by atoms with Crippen LogP contribution in [-0.2, 0) is 0 Å². The van der Waals surface area contributed by atoms with Crippen LogP contribution in [0.4, 0.5) is 10.2 Å². The van der Waals surface area contributed by atoms with Crippen LogP contribution in [0.15, 0.2) is 66.9 Å². The third-order valence-corrected chi connectivity index (χ3v) is 5.74. The maximum absolute atomic E-state index is 13.8. The van der Waals surface area contributed by atoms with Gasteiger partial charge in [-0.15, -0.1) is 5.10 Å². The van der Waals surface area contributed by atoms with Crippen molar-refractivity contribution in [2.75, 3.05) is 18.6 Å². The van der Waals surface area contributed by atoms with Gasteiger partial charge in [-0.05, 0) is 60.9 Å². The number of nitrogens with zero attached hydrogens (tertiary/aromatic N) is 5. The smallest absolute Gasteiger partial charge is 0.213 e. The van der Waals surface area contributed by atoms with Crippen molar-refractivity contribution < 1.29 is 13.9 Å². The van der Waals surface area contributed by atoms with E-state index in [1.54, 1.807) is 42.0 Å². The molecule has 33 heavy (non-hydrogen) atoms. The van der Waals surface area contributed by atoms with Crippen LogP contribution in [0.1, 0.15) is 40.6 Å². The number of imidazole rings is 1. The van der Waals surface area contributed by atoms with Crippen molar-refractivity contribution in [2.45, 2.75) is 18.9 Å². The molecule has 0 aliphatic carbocycles. The molecule has 0 radical (unpaired) electrons. The number of allylic oxidation sites excluding steroid dienone is 1. The van der Waals surface area contributed by atoms with Gasteiger partial charge in [-0.1, -0.05) is 18.2 Å². The first-order valence-electron chi connectivity index (χ1n) is 10.7. The number of aromatic nitrogens is 4. The Labute approximate surface area is 190 Å². The van der Waals surface area contributed by atoms with E-state index in [1.807, 2.05) is 24.3 Å². The number of rotatable bonds is 6. The standard InChI is InChI=1S/C25H22FN5O2/c1-33-25-9-3-7-19(28-25)10-11-22(32)21-16-27-23-12-13-24(29-31(21)23)30-14-4-8-20(30)17-5-2-6-18(26)15-17/h2-3,5-7,9-13,15-16,20H,4,8,14H2,1H3/b11-10+/t20-/m1/s1. The molecule has 0 spiro atoms. The quantitative estimate of drug-likeness (QED) is 0.323. The van der Waals surface area contributed by atoms with Crippen molar-refractivity contribution in [3.63, 3.8) is 0 Å². The van der Waals surface area contributed by atoms with E-state index in [9.17, 15) is 9.18 Å². The van der Waals surface area contributed by atoms with Crippen molar-refractivity contribution >= 4 is 23.3 Å². The average molecular weight is 443 g/mol. The number of hydrogen-bond acceptors (Lipinski definition) is 6. The van der Waals surface area contributed by atoms with E-state index in [4.69, 9.17) is 9.84 Å². The fourth-order valence-electron chi connectivity index (χ4n) is 4.17. The Kier molecular flexibility index (Phi) is 5.56. The van der Waals surface area contributed by atoms with Crippen molar-refractivity contribution in [3.8, 4) is 5.88 Å². The summed E-state index contributed by atoms with van der Waals surface area (Å²) in [7, 11) is 1.54. The van der Waals surface area contributed by atoms with E-state index in [0.29, 0.717) is 22.9 Å². The van der Waals surface area contributed by atoms with Crippen molar-refractivity contribution in [2.24, 2.45) is 0 Å². The Balaban J connectivity index is 1.44. The fraction of sp³-hybridized carbons (Fsp3) is 0.200. The van der Waals surface area contributed by atoms with Gasteiger partial charge in [-0.25, -0.2) is 18.9 Å². The summed E-state index contributed by atoms with van der Waals surface area (Å²) in [6.07, 6.45) is 6.49. The lowest BCUT2D eigenvalue weighted by atomic mass is 10.0. The normalized spacial score (nSPS) is 16.1. The number of hydrogen-bond donors (Lipinski definition) is 0. The largest absolute Gasteiger partial charge is 0.481 e. The number of pyridine rings is 1. The number of ketones is 1. The highest BCUT2D eigenvalue weighted by Gasteiger charge is 2.28. The second kappa shape index (κ2) is 8.82. The van der Waals surface area contributed by atoms with Gasteiger partial charge >= 0.3 is 0 Å². The molecule has 4 aromatic rings. The number of fused-ring (bicyclic) bond motifs is 1. The van der Waals surface area contributed by atoms with Crippen LogP contribution >= 0.6 is 0 Å². The number of methoxy groups -OCH3 is 1. The molecule has 0 bridgehead atoms. The van der Waals surface area contributed by atoms with E-state index in [2.05, 4.69) is 14.9 Å². The Morgan fingerprint density at radius 2 is 2.06 bits per heavy atom. The fourth-order valence-corrected chi connectivity index (χ4v) is 4.17. The lowest BCUT2D eigenvalue weighted by Crippen LogP contribution is -2.24. The second-order valence-electron chi connectivity index (χ2n) is 7.81. The molecule has 1 atom stereocenters. The molecule has 0 unspecified atom stereocenters. The highest BCUT2D eigenvalue weighted by molar-refractivity contribution is 6.05. The summed E-state index contributed by atoms with van der Waals surface area (Å²) in [4.78, 5) is 23.7. The minimum atomic E-state index is -0.248. The SMILES string of the molecule is COc1cccc(/C=C/C(=O)c2cnc3ccc(N4CCC[C@@H]4c4cccc(F)c4)nn23)n1. The van der Waals surface area contributed by atoms with Crippen LogP contribution in [0.3, 0.4) is 0 Å². The van der Waals surface area contributed by atoms with E-state index in [0.717, 1.165) is 30.8 Å². The molecule has 4 heterocycles. The van der Waals surface area contributed by atoms with E-state index in [1.165, 1.54) is 18.3 Å². The molecule has 5 rings (SSSR count). The van der Waals surface area contributed by atoms with Gasteiger partial charge in [0.05, 0.1) is 25.0 Å². The summed E-state index contributed by atoms with van der Waals surface area (Å²) >= 11 is 0. The number of anilines is 1. The summed E-state index contributed by atoms with van der Waals surface area (Å²) in [6.45, 7) is 0.805. The first-order chi connectivity index (χ1) is 16.1. The van der Waals surface area contributed by atoms with Gasteiger partial charge in [0.15, 0.2) is 5.65 Å². The minimum absolute atomic E-state index is 0.0346. The summed E-state index contributed by atoms with van der Waals surface area (Å²) in [5, 5.41) is 4.71. The zero-order valence-corrected chi connectivity index (χ0v) is 18.1. The van der Waals surface area contributed by atoms with Gasteiger partial charge in [-0.3, -0.25) is 4.79 Å². The summed E-state index contributed by atoms with van der Waals surface area (Å²) < 4.78 is 20.5. The van der Waals surface area contributed by atoms with Gasteiger partial charge in [-0.2, -0.15) is 0 Å². The number of carbonyl (C=O) groups is 1. The first kappa shape index (κ1) is 20.8. The van der Waals surface area contributed by atoms with Crippen molar-refractivity contribution in [3.05, 3.63) is 89.6 Å². The molecule has 7 nitrogen and oxygen atoms in total. The Morgan fingerprint density at radius 3 is 2.91 bits per heavy atom. The van der Waals surface area contributed by atoms with Crippen LogP contribution in [0.2, 0.25) is 0 Å². The van der Waals surface area contributed by atoms with Crippen LogP contribution in [0.5, 0.6) is 5.88 Å². The summed E-state index contributed by atoms with van der Waals surface area (Å²) in [5.74, 6) is 0.714. The van der Waals surface area contributed by atoms with Gasteiger partial charge < -0.3 is 9.64 Å². The number of benzene rings is 1. The van der Waals surface area contributed by atoms with Gasteiger partial charge in [0.1, 0.15) is 17.3 Å². The highest BCUT2D eigenvalue weighted by atomic mass is 19.1. The lowest BCUT2D eigenvalue weighted by Gasteiger charge is -2.26. The summed E-state index contributed by atoms with van der Waals surface area (Å²) in [6, 6.07) is 15.8. The zero-order valence-electron chi connectivity index (χ0n) is 18.1. The summed E-state index contributed by atoms with van der Waals surface area (Å²) in [5.41, 5.74) is 2.47. The number of carbonyl (C=O) groups excluding carboxylic acids is 1. The third-order valence-electron chi connectivity index (χ3n) is 5.74. The maximum Gasteiger partial charge on any atom is 0.213 e. The highest BCUT2D eigenvalue weighted by Crippen LogP contribution is 2.35. The molecule has 0 amide bonds. The van der Waals surface area contributed by atoms with Crippen molar-refractivity contribution in [1.29, 1.82) is 0 Å². The van der Waals surface area contributed by atoms with Crippen LogP contribution in [0.25, 0.3) is 11.7 Å². The molecule has 3 aromatic heterocycles. The minimum Gasteiger partial charge on any atom is -0.481 e. The van der Waals surface area contributed by atoms with Crippen LogP contribution in [-0.4, -0.2) is 39.0 Å². The lowest BCUT2D eigenvalue weighted by molar-refractivity contribution is 0.104. The van der Waals surface area contributed by atoms with Crippen molar-refractivity contribution in [1.82, 2.24) is 19.6 Å². The molecule has 1 aliphatic heterocycles. The average Bonchev–Trinajstić information content (AvgIpc) is 3.50. The van der Waals surface area contributed by atoms with E-state index >= 15 is 0 Å².